The van der Waals surface area contributed by atoms with Crippen LogP contribution in [0.4, 0.5) is 0 Å². The van der Waals surface area contributed by atoms with E-state index < -0.39 is 122 Å². The molecule has 0 spiro atoms. The Morgan fingerprint density at radius 2 is 0.372 bits per heavy atom. The van der Waals surface area contributed by atoms with E-state index in [2.05, 4.69) is 32.7 Å². The molecule has 10 N–H and O–H groups in total. The highest BCUT2D eigenvalue weighted by molar-refractivity contribution is 6.67. The average molecular weight is 2160 g/mol. The summed E-state index contributed by atoms with van der Waals surface area (Å²) in [6.07, 6.45) is 1.45. The fraction of sp³-hybridized carbons (Fsp3) is 1.00. The van der Waals surface area contributed by atoms with E-state index in [-0.39, 0.29) is 59.3 Å². The Kier molecular flexibility index (Phi) is 90.6. The number of hydrogen-bond acceptors (Lipinski definition) is 46. The van der Waals surface area contributed by atoms with Gasteiger partial charge in [0.05, 0.1) is 89.0 Å². The van der Waals surface area contributed by atoms with Gasteiger partial charge >= 0.3 is 79.0 Å². The van der Waals surface area contributed by atoms with Gasteiger partial charge in [0.2, 0.25) is 0 Å². The van der Waals surface area contributed by atoms with Crippen molar-refractivity contribution in [2.24, 2.45) is 0 Å². The van der Waals surface area contributed by atoms with E-state index in [0.717, 1.165) is 37.8 Å². The summed E-state index contributed by atoms with van der Waals surface area (Å²) in [5, 5.41) is 83.9. The molecule has 0 aromatic carbocycles. The van der Waals surface area contributed by atoms with Gasteiger partial charge in [-0.1, -0.05) is 6.92 Å². The van der Waals surface area contributed by atoms with Crippen molar-refractivity contribution in [1.29, 1.82) is 0 Å². The topological polar surface area (TPSA) is 492 Å². The van der Waals surface area contributed by atoms with Crippen LogP contribution in [-0.2, 0) is 148 Å². The van der Waals surface area contributed by atoms with E-state index >= 15 is 0 Å². The largest absolute Gasteiger partial charge is 0.500 e. The molecule has 0 saturated heterocycles. The fourth-order valence-electron chi connectivity index (χ4n) is 14.5. The maximum absolute atomic E-state index is 11.1. The van der Waals surface area contributed by atoms with Crippen molar-refractivity contribution in [1.82, 2.24) is 30.7 Å². The second-order valence-corrected chi connectivity index (χ2v) is 60.6. The van der Waals surface area contributed by atoms with Crippen molar-refractivity contribution in [2.45, 2.75) is 168 Å². The van der Waals surface area contributed by atoms with Gasteiger partial charge < -0.3 is 200 Å². The molecular formula is C82H194N6O40Si9. The van der Waals surface area contributed by atoms with Gasteiger partial charge in [-0.25, -0.2) is 0 Å². The first kappa shape index (κ1) is 141. The lowest BCUT2D eigenvalue weighted by molar-refractivity contribution is -0.0153. The van der Waals surface area contributed by atoms with E-state index in [1.165, 1.54) is 0 Å². The minimum atomic E-state index is -2.82. The Morgan fingerprint density at radius 3 is 0.577 bits per heavy atom. The zero-order valence-corrected chi connectivity index (χ0v) is 97.9. The zero-order valence-electron chi connectivity index (χ0n) is 88.9. The first-order valence-corrected chi connectivity index (χ1v) is 64.9. The highest BCUT2D eigenvalue weighted by Crippen LogP contribution is 2.24. The molecule has 0 bridgehead atoms. The van der Waals surface area contributed by atoms with Gasteiger partial charge in [0.25, 0.3) is 0 Å². The molecule has 0 heterocycles. The first-order chi connectivity index (χ1) is 65.8. The Bertz CT molecular complexity index is 2470. The number of aliphatic hydroxyl groups excluding tert-OH is 7. The number of ether oxygens (including phenoxy) is 7. The Morgan fingerprint density at radius 1 is 0.197 bits per heavy atom. The third-order valence-corrected chi connectivity index (χ3v) is 49.5. The van der Waals surface area contributed by atoms with Crippen molar-refractivity contribution in [3.63, 3.8) is 0 Å². The second kappa shape index (κ2) is 87.9. The molecule has 0 saturated carbocycles. The number of nitrogens with one attached hydrogen (secondary N) is 3. The summed E-state index contributed by atoms with van der Waals surface area (Å²) < 4.78 is 182. The normalized spacial score (nSPS) is 14.6. The average Bonchev–Trinajstić information content (AvgIpc) is 0.980. The van der Waals surface area contributed by atoms with Crippen molar-refractivity contribution >= 4 is 79.0 Å². The zero-order chi connectivity index (χ0) is 104. The van der Waals surface area contributed by atoms with Crippen LogP contribution in [0.25, 0.3) is 0 Å². The van der Waals surface area contributed by atoms with Crippen molar-refractivity contribution < 1.29 is 184 Å². The van der Waals surface area contributed by atoms with E-state index in [9.17, 15) is 35.7 Å². The Hall–Kier alpha value is 0.112. The monoisotopic (exact) mass is 2160 g/mol. The van der Waals surface area contributed by atoms with Gasteiger partial charge in [-0.3, -0.25) is 14.7 Å². The van der Waals surface area contributed by atoms with Gasteiger partial charge in [-0.2, -0.15) is 0 Å². The molecule has 0 aromatic heterocycles. The van der Waals surface area contributed by atoms with E-state index in [0.29, 0.717) is 212 Å². The van der Waals surface area contributed by atoms with Crippen molar-refractivity contribution in [3.05, 3.63) is 0 Å². The van der Waals surface area contributed by atoms with Gasteiger partial charge in [0.15, 0.2) is 0 Å². The predicted molar refractivity (Wildman–Crippen MR) is 535 cm³/mol. The minimum Gasteiger partial charge on any atom is -0.398 e. The summed E-state index contributed by atoms with van der Waals surface area (Å²) in [6.45, 7) is 14.0. The number of hydrogen-bond donors (Lipinski definition) is 10. The standard InChI is InChI=1S/C36H84N2O17Si4.C26H62N2O13Si3.C20H48N2O10Si2/c1-13-56(42-2,43-3)24-15-21-53-32-35(40)29-38(30-36(41)33-55-23-17-27-59(50-10,51-11)52-12)20-19-37(18-14-25-57(44-4,45-5)46-6)28-34(39)31-54-22-16-26-58(47-7,48-8)49-9;1-31-42(32-2,33-3)18-10-14-28(22-26(30)24-41-17-12-20-44(37-7,38-8)39-9)15-13-27-21-25(29)23-40-16-11-19-43(34-4,35-5)36-6;1-25-33(26-2,27-3)13-7-11-31-17-19(23)15-21-9-10-22-16-20(24)18-32-12-8-14-34(28-4,29-5)30-6/h34-36,39-41H,13-33H2,1-12H3;25-27,29-30H,10-24H2,1-9H3;19-24H,7-18H2,1-6H3. The lowest BCUT2D eigenvalue weighted by Gasteiger charge is -2.32. The van der Waals surface area contributed by atoms with Gasteiger partial charge in [-0.05, 0) is 83.0 Å². The highest BCUT2D eigenvalue weighted by atomic mass is 28.4. The molecular weight excluding hydrogens is 1960 g/mol. The molecule has 0 fully saturated rings. The third-order valence-electron chi connectivity index (χ3n) is 23.1. The van der Waals surface area contributed by atoms with E-state index in [1.807, 2.05) is 4.90 Å². The molecule has 0 aliphatic carbocycles. The lowest BCUT2D eigenvalue weighted by Crippen LogP contribution is -2.47. The minimum absolute atomic E-state index is 0.104. The number of rotatable bonds is 100. The van der Waals surface area contributed by atoms with Crippen LogP contribution in [0.3, 0.4) is 0 Å². The molecule has 828 valence electrons. The molecule has 137 heavy (non-hydrogen) atoms. The van der Waals surface area contributed by atoms with Crippen LogP contribution >= 0.6 is 0 Å². The van der Waals surface area contributed by atoms with Crippen LogP contribution in [0.15, 0.2) is 0 Å². The maximum Gasteiger partial charge on any atom is 0.500 e. The molecule has 0 amide bonds. The number of aliphatic hydroxyl groups is 7. The third kappa shape index (κ3) is 64.3. The highest BCUT2D eigenvalue weighted by Gasteiger charge is 2.44. The van der Waals surface area contributed by atoms with Gasteiger partial charge in [0.1, 0.15) is 0 Å². The fourth-order valence-corrected chi connectivity index (χ4v) is 30.2. The van der Waals surface area contributed by atoms with Crippen molar-refractivity contribution in [2.75, 3.05) is 376 Å². The molecule has 55 heteroatoms. The van der Waals surface area contributed by atoms with Crippen LogP contribution in [-0.4, -0.2) is 548 Å². The van der Waals surface area contributed by atoms with Crippen LogP contribution in [0, 0.1) is 0 Å². The summed E-state index contributed by atoms with van der Waals surface area (Å²) in [5.74, 6) is 0. The summed E-state index contributed by atoms with van der Waals surface area (Å²) in [6, 6.07) is 6.62. The molecule has 46 nitrogen and oxygen atoms in total. The second-order valence-electron chi connectivity index (χ2n) is 32.0. The quantitative estimate of drug-likeness (QED) is 0.0305. The van der Waals surface area contributed by atoms with Crippen molar-refractivity contribution in [3.8, 4) is 0 Å². The summed E-state index contributed by atoms with van der Waals surface area (Å²) in [4.78, 5) is 6.29. The summed E-state index contributed by atoms with van der Waals surface area (Å²) in [5.41, 5.74) is 0. The van der Waals surface area contributed by atoms with Gasteiger partial charge in [0, 0.05) is 365 Å². The van der Waals surface area contributed by atoms with Crippen LogP contribution in [0.1, 0.15) is 64.7 Å². The summed E-state index contributed by atoms with van der Waals surface area (Å²) >= 11 is 0. The molecule has 7 unspecified atom stereocenters. The lowest BCUT2D eigenvalue weighted by atomic mass is 10.2. The Balaban J connectivity index is -0.00000205. The van der Waals surface area contributed by atoms with Crippen LogP contribution in [0.5, 0.6) is 0 Å². The smallest absolute Gasteiger partial charge is 0.398 e. The van der Waals surface area contributed by atoms with Gasteiger partial charge in [-0.15, -0.1) is 0 Å². The van der Waals surface area contributed by atoms with E-state index in [4.69, 9.17) is 148 Å². The molecule has 0 rings (SSSR count). The predicted octanol–water partition coefficient (Wildman–Crippen LogP) is 1.57. The molecule has 0 aliphatic rings. The number of nitrogens with zero attached hydrogens (tertiary/aromatic N) is 3. The molecule has 0 aliphatic heterocycles. The molecule has 0 radical (unpaired) electrons. The summed E-state index contributed by atoms with van der Waals surface area (Å²) in [7, 11) is 17.9. The van der Waals surface area contributed by atoms with Crippen LogP contribution < -0.4 is 16.0 Å². The Labute approximate surface area is 832 Å². The molecule has 7 atom stereocenters. The SMILES string of the molecule is CC[Si](CCCOCC(O)CN(CCN(CCC[Si](OC)(OC)OC)CC(O)COCCC[Si](OC)(OC)OC)CC(O)COCCC[Si](OC)(OC)OC)(OC)OC.CO[Si](CCCOCC(O)CNCCN(CCC[Si](OC)(OC)OC)CC(O)COCCC[Si](OC)(OC)OC)(OC)OC.CO[Si](CCCOCC(O)CNCCNCC(O)COCCC[Si](OC)(OC)OC)(OC)OC. The first-order valence-electron chi connectivity index (χ1n) is 47.2. The van der Waals surface area contributed by atoms with Crippen LogP contribution in [0.2, 0.25) is 60.4 Å². The molecule has 0 aromatic rings. The van der Waals surface area contributed by atoms with E-state index in [1.54, 1.807) is 185 Å². The maximum atomic E-state index is 11.1.